The van der Waals surface area contributed by atoms with E-state index in [1.165, 1.54) is 6.07 Å². The molecule has 0 saturated carbocycles. The topological polar surface area (TPSA) is 24.7 Å². The molecule has 1 aliphatic heterocycles. The first-order valence-corrected chi connectivity index (χ1v) is 6.23. The Hall–Kier alpha value is -2.29. The fraction of sp³-hybridized carbons (Fsp3) is 0.125. The maximum atomic E-state index is 13.1. The fourth-order valence-electron chi connectivity index (χ4n) is 2.12. The number of rotatable bonds is 3. The molecule has 19 heavy (non-hydrogen) atoms. The van der Waals surface area contributed by atoms with Crippen LogP contribution >= 0.6 is 0 Å². The van der Waals surface area contributed by atoms with Crippen molar-refractivity contribution in [1.29, 1.82) is 0 Å². The second kappa shape index (κ2) is 5.14. The molecule has 2 nitrogen and oxygen atoms in total. The second-order valence-electron chi connectivity index (χ2n) is 4.50. The maximum absolute atomic E-state index is 13.1. The Labute approximate surface area is 111 Å². The zero-order chi connectivity index (χ0) is 13.1. The van der Waals surface area contributed by atoms with Crippen molar-refractivity contribution in [2.24, 2.45) is 9.98 Å². The summed E-state index contributed by atoms with van der Waals surface area (Å²) in [4.78, 5) is 8.89. The molecule has 1 atom stereocenters. The van der Waals surface area contributed by atoms with Gasteiger partial charge in [0.1, 0.15) is 5.82 Å². The third kappa shape index (κ3) is 2.76. The van der Waals surface area contributed by atoms with E-state index < -0.39 is 0 Å². The quantitative estimate of drug-likeness (QED) is 0.801. The average Bonchev–Trinajstić information content (AvgIpc) is 2.88. The van der Waals surface area contributed by atoms with Gasteiger partial charge in [-0.3, -0.25) is 4.99 Å². The Morgan fingerprint density at radius 3 is 2.63 bits per heavy atom. The van der Waals surface area contributed by atoms with Crippen LogP contribution < -0.4 is 0 Å². The van der Waals surface area contributed by atoms with Crippen molar-refractivity contribution in [1.82, 2.24) is 0 Å². The van der Waals surface area contributed by atoms with E-state index in [0.717, 1.165) is 17.0 Å². The number of amidine groups is 1. The molecule has 0 aliphatic carbocycles. The standard InChI is InChI=1S/C16H13FN2/c17-14-8-4-5-12(9-14)10-15-11-18-16(19-15)13-6-2-1-3-7-13/h1-9,11,15H,10H2. The summed E-state index contributed by atoms with van der Waals surface area (Å²) >= 11 is 0. The molecule has 0 aromatic heterocycles. The van der Waals surface area contributed by atoms with Gasteiger partial charge in [-0.2, -0.15) is 0 Å². The van der Waals surface area contributed by atoms with Gasteiger partial charge in [-0.1, -0.05) is 42.5 Å². The zero-order valence-electron chi connectivity index (χ0n) is 10.3. The molecule has 1 heterocycles. The first-order valence-electron chi connectivity index (χ1n) is 6.23. The minimum Gasteiger partial charge on any atom is -0.257 e. The van der Waals surface area contributed by atoms with Gasteiger partial charge in [0, 0.05) is 18.2 Å². The minimum atomic E-state index is -0.209. The second-order valence-corrected chi connectivity index (χ2v) is 4.50. The highest BCUT2D eigenvalue weighted by Gasteiger charge is 2.14. The first kappa shape index (κ1) is 11.8. The van der Waals surface area contributed by atoms with E-state index in [0.29, 0.717) is 6.42 Å². The van der Waals surface area contributed by atoms with Crippen LogP contribution in [0.3, 0.4) is 0 Å². The van der Waals surface area contributed by atoms with Gasteiger partial charge >= 0.3 is 0 Å². The molecule has 1 aliphatic rings. The van der Waals surface area contributed by atoms with Gasteiger partial charge in [-0.05, 0) is 17.7 Å². The number of benzene rings is 2. The summed E-state index contributed by atoms with van der Waals surface area (Å²) in [5.41, 5.74) is 1.95. The zero-order valence-corrected chi connectivity index (χ0v) is 10.3. The van der Waals surface area contributed by atoms with Crippen molar-refractivity contribution in [3.8, 4) is 0 Å². The molecule has 0 bridgehead atoms. The lowest BCUT2D eigenvalue weighted by atomic mass is 10.1. The van der Waals surface area contributed by atoms with Crippen LogP contribution in [0.4, 0.5) is 4.39 Å². The summed E-state index contributed by atoms with van der Waals surface area (Å²) in [5, 5.41) is 0. The molecule has 3 rings (SSSR count). The van der Waals surface area contributed by atoms with E-state index in [4.69, 9.17) is 0 Å². The molecule has 1 unspecified atom stereocenters. The van der Waals surface area contributed by atoms with Gasteiger partial charge in [0.05, 0.1) is 6.04 Å². The van der Waals surface area contributed by atoms with Crippen LogP contribution in [0.2, 0.25) is 0 Å². The smallest absolute Gasteiger partial charge is 0.154 e. The molecule has 0 N–H and O–H groups in total. The lowest BCUT2D eigenvalue weighted by Crippen LogP contribution is -2.07. The Bertz CT molecular complexity index is 632. The van der Waals surface area contributed by atoms with Crippen molar-refractivity contribution in [3.05, 3.63) is 71.5 Å². The predicted molar refractivity (Wildman–Crippen MR) is 75.4 cm³/mol. The van der Waals surface area contributed by atoms with Crippen molar-refractivity contribution in [2.75, 3.05) is 0 Å². The van der Waals surface area contributed by atoms with Crippen LogP contribution in [0.1, 0.15) is 11.1 Å². The third-order valence-corrected chi connectivity index (χ3v) is 3.02. The summed E-state index contributed by atoms with van der Waals surface area (Å²) in [5.74, 6) is 0.543. The van der Waals surface area contributed by atoms with Crippen molar-refractivity contribution in [3.63, 3.8) is 0 Å². The van der Waals surface area contributed by atoms with Crippen LogP contribution in [0, 0.1) is 5.82 Å². The van der Waals surface area contributed by atoms with Gasteiger partial charge in [-0.15, -0.1) is 0 Å². The highest BCUT2D eigenvalue weighted by atomic mass is 19.1. The Morgan fingerprint density at radius 1 is 1.00 bits per heavy atom. The van der Waals surface area contributed by atoms with E-state index in [1.807, 2.05) is 42.6 Å². The SMILES string of the molecule is Fc1cccc(CC2C=NC(c3ccccc3)=N2)c1. The molecule has 0 fully saturated rings. The fourth-order valence-corrected chi connectivity index (χ4v) is 2.12. The average molecular weight is 252 g/mol. The first-order chi connectivity index (χ1) is 9.31. The van der Waals surface area contributed by atoms with Crippen molar-refractivity contribution >= 4 is 12.1 Å². The Balaban J connectivity index is 1.76. The monoisotopic (exact) mass is 252 g/mol. The molecule has 2 aromatic carbocycles. The van der Waals surface area contributed by atoms with Crippen LogP contribution in [-0.2, 0) is 6.42 Å². The van der Waals surface area contributed by atoms with E-state index in [2.05, 4.69) is 9.98 Å². The molecular weight excluding hydrogens is 239 g/mol. The van der Waals surface area contributed by atoms with Gasteiger partial charge in [0.2, 0.25) is 0 Å². The number of hydrogen-bond donors (Lipinski definition) is 0. The lowest BCUT2D eigenvalue weighted by Gasteiger charge is -2.04. The number of hydrogen-bond acceptors (Lipinski definition) is 2. The van der Waals surface area contributed by atoms with Gasteiger partial charge in [0.25, 0.3) is 0 Å². The van der Waals surface area contributed by atoms with E-state index in [9.17, 15) is 4.39 Å². The summed E-state index contributed by atoms with van der Waals surface area (Å²) in [6.45, 7) is 0. The summed E-state index contributed by atoms with van der Waals surface area (Å²) in [6, 6.07) is 16.5. The molecule has 2 aromatic rings. The van der Waals surface area contributed by atoms with E-state index >= 15 is 0 Å². The molecule has 0 radical (unpaired) electrons. The molecule has 94 valence electrons. The van der Waals surface area contributed by atoms with E-state index in [-0.39, 0.29) is 11.9 Å². The Morgan fingerprint density at radius 2 is 1.84 bits per heavy atom. The number of halogens is 1. The van der Waals surface area contributed by atoms with Crippen LogP contribution in [-0.4, -0.2) is 18.1 Å². The van der Waals surface area contributed by atoms with Gasteiger partial charge < -0.3 is 0 Å². The van der Waals surface area contributed by atoms with Crippen LogP contribution in [0.15, 0.2) is 64.6 Å². The predicted octanol–water partition coefficient (Wildman–Crippen LogP) is 3.27. The molecule has 0 saturated heterocycles. The molecular formula is C16H13FN2. The highest BCUT2D eigenvalue weighted by molar-refractivity contribution is 6.07. The Kier molecular flexibility index (Phi) is 3.19. The molecule has 3 heteroatoms. The summed E-state index contributed by atoms with van der Waals surface area (Å²) < 4.78 is 13.1. The minimum absolute atomic E-state index is 0.00277. The number of aliphatic imine (C=N–C) groups is 2. The summed E-state index contributed by atoms with van der Waals surface area (Å²) in [6.07, 6.45) is 2.50. The number of nitrogens with zero attached hydrogens (tertiary/aromatic N) is 2. The van der Waals surface area contributed by atoms with Gasteiger partial charge in [0.15, 0.2) is 5.84 Å². The molecule has 0 spiro atoms. The van der Waals surface area contributed by atoms with Gasteiger partial charge in [-0.25, -0.2) is 9.38 Å². The highest BCUT2D eigenvalue weighted by Crippen LogP contribution is 2.13. The third-order valence-electron chi connectivity index (χ3n) is 3.02. The van der Waals surface area contributed by atoms with E-state index in [1.54, 1.807) is 12.1 Å². The van der Waals surface area contributed by atoms with Crippen LogP contribution in [0.25, 0.3) is 0 Å². The normalized spacial score (nSPS) is 17.5. The largest absolute Gasteiger partial charge is 0.257 e. The van der Waals surface area contributed by atoms with Crippen molar-refractivity contribution in [2.45, 2.75) is 12.5 Å². The van der Waals surface area contributed by atoms with Crippen molar-refractivity contribution < 1.29 is 4.39 Å². The summed E-state index contributed by atoms with van der Waals surface area (Å²) in [7, 11) is 0. The maximum Gasteiger partial charge on any atom is 0.154 e. The molecule has 0 amide bonds. The van der Waals surface area contributed by atoms with Crippen LogP contribution in [0.5, 0.6) is 0 Å². The lowest BCUT2D eigenvalue weighted by molar-refractivity contribution is 0.625.